The van der Waals surface area contributed by atoms with Crippen LogP contribution in [0, 0.1) is 0 Å². The molecule has 2 aromatic rings. The summed E-state index contributed by atoms with van der Waals surface area (Å²) in [5, 5.41) is 13.0. The summed E-state index contributed by atoms with van der Waals surface area (Å²) in [7, 11) is 0. The summed E-state index contributed by atoms with van der Waals surface area (Å²) in [6.45, 7) is 3.98. The van der Waals surface area contributed by atoms with Gasteiger partial charge in [0.2, 0.25) is 5.78 Å². The minimum absolute atomic E-state index is 0.127. The minimum atomic E-state index is -0.643. The molecule has 0 spiro atoms. The molecule has 0 bridgehead atoms. The Morgan fingerprint density at radius 3 is 2.55 bits per heavy atom. The average Bonchev–Trinajstić information content (AvgIpc) is 3.36. The van der Waals surface area contributed by atoms with Crippen LogP contribution in [-0.2, 0) is 9.53 Å². The molecule has 0 unspecified atom stereocenters. The Hall–Kier alpha value is -2.19. The largest absolute Gasteiger partial charge is 0.503 e. The topological polar surface area (TPSA) is 70.1 Å². The summed E-state index contributed by atoms with van der Waals surface area (Å²) in [4.78, 5) is 30.3. The Morgan fingerprint density at radius 2 is 1.90 bits per heavy atom. The number of amides is 1. The van der Waals surface area contributed by atoms with Crippen molar-refractivity contribution in [2.45, 2.75) is 6.04 Å². The van der Waals surface area contributed by atoms with E-state index in [9.17, 15) is 14.7 Å². The fourth-order valence-electron chi connectivity index (χ4n) is 3.72. The minimum Gasteiger partial charge on any atom is -0.503 e. The summed E-state index contributed by atoms with van der Waals surface area (Å²) >= 11 is 7.32. The number of rotatable bonds is 6. The van der Waals surface area contributed by atoms with Gasteiger partial charge in [0.15, 0.2) is 5.76 Å². The number of nitrogens with zero attached hydrogens (tertiary/aromatic N) is 2. The first-order valence-corrected chi connectivity index (χ1v) is 10.7. The molecular weight excluding hydrogens is 412 g/mol. The van der Waals surface area contributed by atoms with Crippen molar-refractivity contribution in [3.63, 3.8) is 0 Å². The molecule has 8 heteroatoms. The molecule has 1 aromatic carbocycles. The molecule has 1 atom stereocenters. The predicted molar refractivity (Wildman–Crippen MR) is 111 cm³/mol. The Morgan fingerprint density at radius 1 is 1.17 bits per heavy atom. The number of hydrogen-bond acceptors (Lipinski definition) is 6. The highest BCUT2D eigenvalue weighted by Gasteiger charge is 2.43. The van der Waals surface area contributed by atoms with E-state index in [1.54, 1.807) is 46.7 Å². The molecule has 152 valence electrons. The molecular formula is C21H21ClN2O4S. The third kappa shape index (κ3) is 4.09. The van der Waals surface area contributed by atoms with Crippen molar-refractivity contribution in [1.29, 1.82) is 0 Å². The number of Topliss-reactive ketones (excluding diaryl/α,β-unsaturated/α-hetero) is 1. The molecule has 29 heavy (non-hydrogen) atoms. The van der Waals surface area contributed by atoms with Crippen LogP contribution < -0.4 is 0 Å². The second-order valence-electron chi connectivity index (χ2n) is 6.98. The van der Waals surface area contributed by atoms with Gasteiger partial charge >= 0.3 is 0 Å². The van der Waals surface area contributed by atoms with Gasteiger partial charge in [-0.2, -0.15) is 0 Å². The van der Waals surface area contributed by atoms with Crippen LogP contribution in [0.1, 0.15) is 21.3 Å². The molecule has 0 radical (unpaired) electrons. The standard InChI is InChI=1S/C21H21ClN2O4S/c22-15-5-3-14(4-6-15)18-17(19(25)16-2-1-13-29-16)20(26)21(27)24(18)8-7-23-9-11-28-12-10-23/h1-6,13,18,26H,7-12H2/t18-/m1/s1. The van der Waals surface area contributed by atoms with Crippen LogP contribution in [0.5, 0.6) is 0 Å². The van der Waals surface area contributed by atoms with Crippen molar-refractivity contribution in [1.82, 2.24) is 9.80 Å². The highest BCUT2D eigenvalue weighted by atomic mass is 35.5. The van der Waals surface area contributed by atoms with Crippen molar-refractivity contribution in [2.24, 2.45) is 0 Å². The zero-order valence-electron chi connectivity index (χ0n) is 15.7. The molecule has 0 saturated carbocycles. The van der Waals surface area contributed by atoms with Crippen molar-refractivity contribution in [3.8, 4) is 0 Å². The number of ketones is 1. The molecule has 0 aliphatic carbocycles. The molecule has 1 aromatic heterocycles. The maximum Gasteiger partial charge on any atom is 0.290 e. The van der Waals surface area contributed by atoms with Crippen LogP contribution in [-0.4, -0.2) is 66.0 Å². The predicted octanol–water partition coefficient (Wildman–Crippen LogP) is 3.31. The van der Waals surface area contributed by atoms with E-state index in [0.29, 0.717) is 36.2 Å². The second kappa shape index (κ2) is 8.67. The van der Waals surface area contributed by atoms with Gasteiger partial charge in [0.25, 0.3) is 5.91 Å². The number of halogens is 1. The van der Waals surface area contributed by atoms with E-state index in [1.165, 1.54) is 11.3 Å². The third-order valence-corrected chi connectivity index (χ3v) is 6.36. The monoisotopic (exact) mass is 432 g/mol. The number of ether oxygens (including phenoxy) is 1. The van der Waals surface area contributed by atoms with Gasteiger partial charge in [0.1, 0.15) is 0 Å². The van der Waals surface area contributed by atoms with Gasteiger partial charge in [0, 0.05) is 31.2 Å². The number of morpholine rings is 1. The van der Waals surface area contributed by atoms with Gasteiger partial charge in [-0.3, -0.25) is 14.5 Å². The highest BCUT2D eigenvalue weighted by Crippen LogP contribution is 2.39. The Kier molecular flexibility index (Phi) is 6.01. The summed E-state index contributed by atoms with van der Waals surface area (Å²) in [6, 6.07) is 9.88. The van der Waals surface area contributed by atoms with E-state index in [4.69, 9.17) is 16.3 Å². The van der Waals surface area contributed by atoms with Crippen molar-refractivity contribution < 1.29 is 19.4 Å². The molecule has 3 heterocycles. The fraction of sp³-hybridized carbons (Fsp3) is 0.333. The van der Waals surface area contributed by atoms with Gasteiger partial charge in [-0.25, -0.2) is 0 Å². The lowest BCUT2D eigenvalue weighted by Crippen LogP contribution is -2.43. The quantitative estimate of drug-likeness (QED) is 0.709. The number of aliphatic hydroxyl groups excluding tert-OH is 1. The molecule has 2 aliphatic rings. The van der Waals surface area contributed by atoms with E-state index in [1.807, 2.05) is 0 Å². The first-order valence-electron chi connectivity index (χ1n) is 9.44. The summed E-state index contributed by atoms with van der Waals surface area (Å²) in [5.41, 5.74) is 0.871. The lowest BCUT2D eigenvalue weighted by Gasteiger charge is -2.31. The Labute approximate surface area is 177 Å². The van der Waals surface area contributed by atoms with Gasteiger partial charge in [-0.05, 0) is 29.1 Å². The zero-order chi connectivity index (χ0) is 20.4. The van der Waals surface area contributed by atoms with E-state index in [2.05, 4.69) is 4.90 Å². The maximum atomic E-state index is 13.1. The molecule has 6 nitrogen and oxygen atoms in total. The van der Waals surface area contributed by atoms with Gasteiger partial charge in [-0.15, -0.1) is 11.3 Å². The number of carbonyl (C=O) groups is 2. The zero-order valence-corrected chi connectivity index (χ0v) is 17.3. The van der Waals surface area contributed by atoms with Gasteiger partial charge in [0.05, 0.1) is 29.7 Å². The van der Waals surface area contributed by atoms with E-state index < -0.39 is 17.7 Å². The van der Waals surface area contributed by atoms with E-state index in [-0.39, 0.29) is 11.4 Å². The molecule has 1 amide bonds. The van der Waals surface area contributed by atoms with Crippen LogP contribution in [0.3, 0.4) is 0 Å². The van der Waals surface area contributed by atoms with Crippen LogP contribution in [0.2, 0.25) is 5.02 Å². The second-order valence-corrected chi connectivity index (χ2v) is 8.36. The third-order valence-electron chi connectivity index (χ3n) is 5.24. The first kappa shape index (κ1) is 20.1. The van der Waals surface area contributed by atoms with Gasteiger partial charge in [-0.1, -0.05) is 29.8 Å². The van der Waals surface area contributed by atoms with Crippen molar-refractivity contribution in [2.75, 3.05) is 39.4 Å². The first-order chi connectivity index (χ1) is 14.1. The molecule has 1 N–H and O–H groups in total. The van der Waals surface area contributed by atoms with E-state index in [0.717, 1.165) is 18.7 Å². The number of aliphatic hydroxyl groups is 1. The Bertz CT molecular complexity index is 921. The van der Waals surface area contributed by atoms with Crippen LogP contribution >= 0.6 is 22.9 Å². The van der Waals surface area contributed by atoms with Crippen molar-refractivity contribution in [3.05, 3.63) is 68.6 Å². The summed E-state index contributed by atoms with van der Waals surface area (Å²) < 4.78 is 5.37. The normalized spacial score (nSPS) is 20.5. The van der Waals surface area contributed by atoms with Gasteiger partial charge < -0.3 is 14.7 Å². The van der Waals surface area contributed by atoms with E-state index >= 15 is 0 Å². The molecule has 2 aliphatic heterocycles. The maximum absolute atomic E-state index is 13.1. The average molecular weight is 433 g/mol. The number of hydrogen-bond donors (Lipinski definition) is 1. The number of thiophene rings is 1. The molecule has 1 saturated heterocycles. The fourth-order valence-corrected chi connectivity index (χ4v) is 4.53. The number of benzene rings is 1. The molecule has 4 rings (SSSR count). The smallest absolute Gasteiger partial charge is 0.290 e. The van der Waals surface area contributed by atoms with Crippen LogP contribution in [0.4, 0.5) is 0 Å². The SMILES string of the molecule is O=C(C1=C(O)C(=O)N(CCN2CCOCC2)[C@@H]1c1ccc(Cl)cc1)c1cccs1. The lowest BCUT2D eigenvalue weighted by atomic mass is 9.95. The van der Waals surface area contributed by atoms with Crippen molar-refractivity contribution >= 4 is 34.6 Å². The highest BCUT2D eigenvalue weighted by molar-refractivity contribution is 7.12. The summed E-state index contributed by atoms with van der Waals surface area (Å²) in [5.74, 6) is -1.30. The molecule has 1 fully saturated rings. The lowest BCUT2D eigenvalue weighted by molar-refractivity contribution is -0.129. The van der Waals surface area contributed by atoms with Crippen LogP contribution in [0.15, 0.2) is 53.1 Å². The number of carbonyl (C=O) groups excluding carboxylic acids is 2. The summed E-state index contributed by atoms with van der Waals surface area (Å²) in [6.07, 6.45) is 0. The Balaban J connectivity index is 1.66. The van der Waals surface area contributed by atoms with Crippen LogP contribution in [0.25, 0.3) is 0 Å².